The van der Waals surface area contributed by atoms with E-state index in [-0.39, 0.29) is 11.8 Å². The lowest BCUT2D eigenvalue weighted by molar-refractivity contribution is -0.384. The van der Waals surface area contributed by atoms with Gasteiger partial charge >= 0.3 is 0 Å². The quantitative estimate of drug-likeness (QED) is 0.659. The average molecular weight is 331 g/mol. The van der Waals surface area contributed by atoms with Gasteiger partial charge < -0.3 is 14.8 Å². The SMILES string of the molecule is O=[N+]([O-])c1ccc(CNCC2COCCO2)c(Br)c1. The molecule has 1 aromatic rings. The van der Waals surface area contributed by atoms with Gasteiger partial charge in [0.2, 0.25) is 0 Å². The number of rotatable bonds is 5. The lowest BCUT2D eigenvalue weighted by atomic mass is 10.2. The number of non-ortho nitro benzene ring substituents is 1. The first kappa shape index (κ1) is 14.4. The number of hydrogen-bond acceptors (Lipinski definition) is 5. The monoisotopic (exact) mass is 330 g/mol. The number of nitrogens with zero attached hydrogens (tertiary/aromatic N) is 1. The van der Waals surface area contributed by atoms with E-state index in [0.717, 1.165) is 10.0 Å². The summed E-state index contributed by atoms with van der Waals surface area (Å²) in [6, 6.07) is 4.76. The van der Waals surface area contributed by atoms with Gasteiger partial charge in [-0.2, -0.15) is 0 Å². The summed E-state index contributed by atoms with van der Waals surface area (Å²) in [7, 11) is 0. The molecular weight excluding hydrogens is 316 g/mol. The van der Waals surface area contributed by atoms with E-state index >= 15 is 0 Å². The van der Waals surface area contributed by atoms with Crippen LogP contribution in [0.25, 0.3) is 0 Å². The molecule has 1 heterocycles. The Kier molecular flexibility index (Phi) is 5.26. The van der Waals surface area contributed by atoms with Gasteiger partial charge in [-0.1, -0.05) is 15.9 Å². The number of nitro benzene ring substituents is 1. The zero-order chi connectivity index (χ0) is 13.7. The van der Waals surface area contributed by atoms with E-state index in [4.69, 9.17) is 9.47 Å². The molecule has 0 bridgehead atoms. The van der Waals surface area contributed by atoms with Crippen molar-refractivity contribution < 1.29 is 14.4 Å². The Morgan fingerprint density at radius 2 is 2.32 bits per heavy atom. The summed E-state index contributed by atoms with van der Waals surface area (Å²) in [6.07, 6.45) is 0.0746. The number of nitrogens with one attached hydrogen (secondary N) is 1. The van der Waals surface area contributed by atoms with Crippen LogP contribution >= 0.6 is 15.9 Å². The topological polar surface area (TPSA) is 73.6 Å². The molecule has 1 aromatic carbocycles. The van der Waals surface area contributed by atoms with Crippen LogP contribution in [-0.2, 0) is 16.0 Å². The van der Waals surface area contributed by atoms with Gasteiger partial charge in [-0.3, -0.25) is 10.1 Å². The van der Waals surface area contributed by atoms with Crippen molar-refractivity contribution in [2.24, 2.45) is 0 Å². The molecule has 0 radical (unpaired) electrons. The number of hydrogen-bond donors (Lipinski definition) is 1. The third-order valence-electron chi connectivity index (χ3n) is 2.82. The van der Waals surface area contributed by atoms with Gasteiger partial charge in [-0.05, 0) is 11.6 Å². The van der Waals surface area contributed by atoms with Crippen LogP contribution < -0.4 is 5.32 Å². The van der Waals surface area contributed by atoms with E-state index in [2.05, 4.69) is 21.2 Å². The van der Waals surface area contributed by atoms with E-state index in [0.29, 0.717) is 32.9 Å². The maximum absolute atomic E-state index is 10.6. The molecule has 104 valence electrons. The first-order valence-electron chi connectivity index (χ1n) is 5.99. The molecule has 0 saturated carbocycles. The Labute approximate surface area is 119 Å². The van der Waals surface area contributed by atoms with Gasteiger partial charge in [0.15, 0.2) is 0 Å². The highest BCUT2D eigenvalue weighted by Crippen LogP contribution is 2.22. The standard InChI is InChI=1S/C12H15BrN2O4/c13-12-5-10(15(16)17)2-1-9(12)6-14-7-11-8-18-3-4-19-11/h1-2,5,11,14H,3-4,6-8H2. The van der Waals surface area contributed by atoms with Crippen molar-refractivity contribution in [1.29, 1.82) is 0 Å². The summed E-state index contributed by atoms with van der Waals surface area (Å²) >= 11 is 3.34. The van der Waals surface area contributed by atoms with Gasteiger partial charge in [0.1, 0.15) is 0 Å². The highest BCUT2D eigenvalue weighted by atomic mass is 79.9. The molecule has 0 aliphatic carbocycles. The Morgan fingerprint density at radius 3 is 2.95 bits per heavy atom. The average Bonchev–Trinajstić information content (AvgIpc) is 2.41. The van der Waals surface area contributed by atoms with Crippen LogP contribution in [0.4, 0.5) is 5.69 Å². The maximum atomic E-state index is 10.6. The summed E-state index contributed by atoms with van der Waals surface area (Å²) in [5.41, 5.74) is 1.06. The van der Waals surface area contributed by atoms with Crippen molar-refractivity contribution in [2.75, 3.05) is 26.4 Å². The molecule has 1 fully saturated rings. The van der Waals surface area contributed by atoms with Crippen molar-refractivity contribution in [3.63, 3.8) is 0 Å². The minimum absolute atomic E-state index is 0.0746. The fourth-order valence-electron chi connectivity index (χ4n) is 1.82. The summed E-state index contributed by atoms with van der Waals surface area (Å²) in [4.78, 5) is 10.2. The van der Waals surface area contributed by atoms with Crippen molar-refractivity contribution in [2.45, 2.75) is 12.6 Å². The molecule has 0 amide bonds. The third-order valence-corrected chi connectivity index (χ3v) is 3.56. The van der Waals surface area contributed by atoms with E-state index in [1.807, 2.05) is 0 Å². The van der Waals surface area contributed by atoms with E-state index < -0.39 is 4.92 Å². The minimum atomic E-state index is -0.408. The lowest BCUT2D eigenvalue weighted by Crippen LogP contribution is -2.37. The molecule has 1 atom stereocenters. The predicted octanol–water partition coefficient (Wildman–Crippen LogP) is 1.86. The molecule has 1 N–H and O–H groups in total. The highest BCUT2D eigenvalue weighted by molar-refractivity contribution is 9.10. The molecule has 1 unspecified atom stereocenters. The lowest BCUT2D eigenvalue weighted by Gasteiger charge is -2.23. The summed E-state index contributed by atoms with van der Waals surface area (Å²) in [6.45, 7) is 3.22. The fraction of sp³-hybridized carbons (Fsp3) is 0.500. The molecule has 1 aliphatic rings. The maximum Gasteiger partial charge on any atom is 0.270 e. The molecule has 0 aromatic heterocycles. The van der Waals surface area contributed by atoms with Crippen LogP contribution in [0.15, 0.2) is 22.7 Å². The highest BCUT2D eigenvalue weighted by Gasteiger charge is 2.14. The molecule has 1 aliphatic heterocycles. The van der Waals surface area contributed by atoms with E-state index in [1.165, 1.54) is 12.1 Å². The van der Waals surface area contributed by atoms with Crippen LogP contribution in [0, 0.1) is 10.1 Å². The Bertz CT molecular complexity index is 449. The van der Waals surface area contributed by atoms with Crippen molar-refractivity contribution in [1.82, 2.24) is 5.32 Å². The fourth-order valence-corrected chi connectivity index (χ4v) is 2.32. The Morgan fingerprint density at radius 1 is 1.47 bits per heavy atom. The second-order valence-corrected chi connectivity index (χ2v) is 5.09. The molecular formula is C12H15BrN2O4. The first-order valence-corrected chi connectivity index (χ1v) is 6.79. The normalized spacial score (nSPS) is 19.3. The van der Waals surface area contributed by atoms with Crippen molar-refractivity contribution in [3.8, 4) is 0 Å². The van der Waals surface area contributed by atoms with Gasteiger partial charge in [-0.15, -0.1) is 0 Å². The molecule has 7 heteroatoms. The zero-order valence-electron chi connectivity index (χ0n) is 10.3. The van der Waals surface area contributed by atoms with E-state index in [1.54, 1.807) is 6.07 Å². The summed E-state index contributed by atoms with van der Waals surface area (Å²) in [5, 5.41) is 13.9. The van der Waals surface area contributed by atoms with E-state index in [9.17, 15) is 10.1 Å². The van der Waals surface area contributed by atoms with Crippen LogP contribution in [0.1, 0.15) is 5.56 Å². The Balaban J connectivity index is 1.83. The van der Waals surface area contributed by atoms with Crippen LogP contribution in [-0.4, -0.2) is 37.4 Å². The molecule has 2 rings (SSSR count). The predicted molar refractivity (Wildman–Crippen MR) is 73.1 cm³/mol. The number of halogens is 1. The number of benzene rings is 1. The van der Waals surface area contributed by atoms with Crippen LogP contribution in [0.5, 0.6) is 0 Å². The van der Waals surface area contributed by atoms with Crippen molar-refractivity contribution >= 4 is 21.6 Å². The number of nitro groups is 1. The first-order chi connectivity index (χ1) is 9.16. The summed E-state index contributed by atoms with van der Waals surface area (Å²) < 4.78 is 11.5. The van der Waals surface area contributed by atoms with Gasteiger partial charge in [-0.25, -0.2) is 0 Å². The second-order valence-electron chi connectivity index (χ2n) is 4.23. The second kappa shape index (κ2) is 6.95. The molecule has 1 saturated heterocycles. The smallest absolute Gasteiger partial charge is 0.270 e. The summed E-state index contributed by atoms with van der Waals surface area (Å²) in [5.74, 6) is 0. The number of ether oxygens (including phenoxy) is 2. The molecule has 6 nitrogen and oxygen atoms in total. The molecule has 19 heavy (non-hydrogen) atoms. The van der Waals surface area contributed by atoms with Gasteiger partial charge in [0, 0.05) is 29.7 Å². The van der Waals surface area contributed by atoms with Gasteiger partial charge in [0.25, 0.3) is 5.69 Å². The van der Waals surface area contributed by atoms with Gasteiger partial charge in [0.05, 0.1) is 30.8 Å². The van der Waals surface area contributed by atoms with Crippen molar-refractivity contribution in [3.05, 3.63) is 38.3 Å². The minimum Gasteiger partial charge on any atom is -0.376 e. The zero-order valence-corrected chi connectivity index (χ0v) is 11.9. The third kappa shape index (κ3) is 4.24. The molecule has 0 spiro atoms. The Hall–Kier alpha value is -1.02. The van der Waals surface area contributed by atoms with Crippen LogP contribution in [0.3, 0.4) is 0 Å². The van der Waals surface area contributed by atoms with Crippen LogP contribution in [0.2, 0.25) is 0 Å². The largest absolute Gasteiger partial charge is 0.376 e.